The Morgan fingerprint density at radius 2 is 1.93 bits per heavy atom. The summed E-state index contributed by atoms with van der Waals surface area (Å²) >= 11 is 0. The maximum Gasteiger partial charge on any atom is 0.253 e. The lowest BCUT2D eigenvalue weighted by molar-refractivity contribution is 0.0905. The molecule has 0 bridgehead atoms. The summed E-state index contributed by atoms with van der Waals surface area (Å²) in [7, 11) is 1.65. The van der Waals surface area contributed by atoms with Crippen LogP contribution in [0.3, 0.4) is 0 Å². The van der Waals surface area contributed by atoms with Crippen molar-refractivity contribution in [3.63, 3.8) is 0 Å². The van der Waals surface area contributed by atoms with Crippen molar-refractivity contribution in [2.75, 3.05) is 26.7 Å². The minimum atomic E-state index is -0.0212. The smallest absolute Gasteiger partial charge is 0.253 e. The number of aryl methyl sites for hydroxylation is 1. The van der Waals surface area contributed by atoms with E-state index in [0.29, 0.717) is 12.4 Å². The first-order chi connectivity index (χ1) is 14.2. The molecular weight excluding hydrogens is 366 g/mol. The van der Waals surface area contributed by atoms with Gasteiger partial charge in [-0.25, -0.2) is 9.97 Å². The Bertz CT molecular complexity index is 1140. The molecule has 1 fully saturated rings. The molecule has 1 spiro atoms. The van der Waals surface area contributed by atoms with Crippen molar-refractivity contribution in [3.8, 4) is 28.5 Å². The Labute approximate surface area is 167 Å². The van der Waals surface area contributed by atoms with Gasteiger partial charge in [0, 0.05) is 37.1 Å². The van der Waals surface area contributed by atoms with E-state index in [4.69, 9.17) is 9.72 Å². The second-order valence-corrected chi connectivity index (χ2v) is 8.09. The molecule has 0 unspecified atom stereocenters. The summed E-state index contributed by atoms with van der Waals surface area (Å²) in [6.45, 7) is 2.44. The lowest BCUT2D eigenvalue weighted by Gasteiger charge is -2.45. The van der Waals surface area contributed by atoms with E-state index in [2.05, 4.69) is 20.6 Å². The zero-order chi connectivity index (χ0) is 19.6. The van der Waals surface area contributed by atoms with Gasteiger partial charge in [-0.2, -0.15) is 0 Å². The van der Waals surface area contributed by atoms with Crippen LogP contribution in [0.5, 0.6) is 5.75 Å². The standard InChI is InChI=1S/C22H21N5O2/c1-29-14-5-2-12(3-6-14)20-24-8-13-4-7-15-16-19(26-18(15)17(13)27-20)22(9-23-10-22)11-25-21(16)28/h2-3,5-6,8,23,26H,4,7,9-11H2,1H3,(H,25,28). The average Bonchev–Trinajstić information content (AvgIpc) is 3.14. The summed E-state index contributed by atoms with van der Waals surface area (Å²) in [5, 5.41) is 6.46. The Kier molecular flexibility index (Phi) is 3.41. The molecule has 7 heteroatoms. The number of carbonyl (C=O) groups excluding carboxylic acids is 1. The number of nitrogens with zero attached hydrogens (tertiary/aromatic N) is 2. The van der Waals surface area contributed by atoms with E-state index in [-0.39, 0.29) is 11.3 Å². The Morgan fingerprint density at radius 3 is 2.66 bits per heavy atom. The van der Waals surface area contributed by atoms with Crippen molar-refractivity contribution in [3.05, 3.63) is 52.8 Å². The van der Waals surface area contributed by atoms with Gasteiger partial charge in [-0.05, 0) is 48.2 Å². The molecule has 2 aromatic heterocycles. The number of H-pyrrole nitrogens is 1. The van der Waals surface area contributed by atoms with Crippen LogP contribution in [0.15, 0.2) is 30.5 Å². The molecule has 0 atom stereocenters. The van der Waals surface area contributed by atoms with E-state index in [1.54, 1.807) is 7.11 Å². The highest BCUT2D eigenvalue weighted by atomic mass is 16.5. The fourth-order valence-corrected chi connectivity index (χ4v) is 4.74. The molecule has 1 aliphatic carbocycles. The molecule has 3 N–H and O–H groups in total. The second kappa shape index (κ2) is 5.90. The number of rotatable bonds is 2. The first-order valence-corrected chi connectivity index (χ1v) is 9.93. The summed E-state index contributed by atoms with van der Waals surface area (Å²) < 4.78 is 5.25. The van der Waals surface area contributed by atoms with Gasteiger partial charge in [0.1, 0.15) is 5.75 Å². The Balaban J connectivity index is 1.49. The average molecular weight is 387 g/mol. The largest absolute Gasteiger partial charge is 0.497 e. The molecule has 146 valence electrons. The van der Waals surface area contributed by atoms with Crippen molar-refractivity contribution in [2.45, 2.75) is 18.3 Å². The quantitative estimate of drug-likeness (QED) is 0.624. The lowest BCUT2D eigenvalue weighted by Crippen LogP contribution is -2.64. The third-order valence-corrected chi connectivity index (χ3v) is 6.47. The molecule has 1 saturated heterocycles. The Morgan fingerprint density at radius 1 is 1.10 bits per heavy atom. The minimum absolute atomic E-state index is 0.0212. The molecule has 6 rings (SSSR count). The van der Waals surface area contributed by atoms with E-state index < -0.39 is 0 Å². The first kappa shape index (κ1) is 16.7. The number of hydrogen-bond donors (Lipinski definition) is 3. The van der Waals surface area contributed by atoms with Crippen LogP contribution in [0.2, 0.25) is 0 Å². The van der Waals surface area contributed by atoms with Crippen molar-refractivity contribution >= 4 is 5.91 Å². The number of nitrogens with one attached hydrogen (secondary N) is 3. The zero-order valence-electron chi connectivity index (χ0n) is 16.1. The van der Waals surface area contributed by atoms with Gasteiger partial charge in [-0.3, -0.25) is 4.79 Å². The molecule has 4 heterocycles. The molecule has 1 aromatic carbocycles. The summed E-state index contributed by atoms with van der Waals surface area (Å²) in [5.41, 5.74) is 6.94. The van der Waals surface area contributed by atoms with Crippen LogP contribution in [0.1, 0.15) is 27.2 Å². The third kappa shape index (κ3) is 2.31. The van der Waals surface area contributed by atoms with Gasteiger partial charge in [0.2, 0.25) is 0 Å². The maximum absolute atomic E-state index is 12.7. The number of carbonyl (C=O) groups is 1. The summed E-state index contributed by atoms with van der Waals surface area (Å²) in [6, 6.07) is 7.75. The minimum Gasteiger partial charge on any atom is -0.497 e. The van der Waals surface area contributed by atoms with Gasteiger partial charge >= 0.3 is 0 Å². The van der Waals surface area contributed by atoms with Crippen molar-refractivity contribution < 1.29 is 9.53 Å². The monoisotopic (exact) mass is 387 g/mol. The molecule has 0 radical (unpaired) electrons. The molecule has 7 nitrogen and oxygen atoms in total. The lowest BCUT2D eigenvalue weighted by atomic mass is 9.74. The van der Waals surface area contributed by atoms with E-state index >= 15 is 0 Å². The van der Waals surface area contributed by atoms with E-state index in [0.717, 1.165) is 71.0 Å². The van der Waals surface area contributed by atoms with Crippen LogP contribution in [-0.4, -0.2) is 47.6 Å². The van der Waals surface area contributed by atoms with Gasteiger partial charge in [-0.15, -0.1) is 0 Å². The van der Waals surface area contributed by atoms with Gasteiger partial charge in [0.15, 0.2) is 5.82 Å². The number of hydrogen-bond acceptors (Lipinski definition) is 5. The van der Waals surface area contributed by atoms with Crippen molar-refractivity contribution in [1.29, 1.82) is 0 Å². The van der Waals surface area contributed by atoms with Gasteiger partial charge in [-0.1, -0.05) is 0 Å². The molecule has 3 aromatic rings. The predicted octanol–water partition coefficient (Wildman–Crippen LogP) is 1.83. The number of aromatic amines is 1. The summed E-state index contributed by atoms with van der Waals surface area (Å²) in [5.74, 6) is 1.51. The predicted molar refractivity (Wildman–Crippen MR) is 108 cm³/mol. The molecule has 0 saturated carbocycles. The SMILES string of the molecule is COc1ccc(-c2ncc3c(n2)-c2[nH]c4c(c2CC3)C(=O)NCC42CNC2)cc1. The van der Waals surface area contributed by atoms with Gasteiger partial charge in [0.05, 0.1) is 29.5 Å². The van der Waals surface area contributed by atoms with E-state index in [1.165, 1.54) is 0 Å². The highest BCUT2D eigenvalue weighted by molar-refractivity contribution is 6.01. The molecule has 29 heavy (non-hydrogen) atoms. The molecule has 2 aliphatic heterocycles. The number of methoxy groups -OCH3 is 1. The van der Waals surface area contributed by atoms with E-state index in [9.17, 15) is 4.79 Å². The summed E-state index contributed by atoms with van der Waals surface area (Å²) in [4.78, 5) is 25.8. The van der Waals surface area contributed by atoms with Crippen LogP contribution in [0.25, 0.3) is 22.8 Å². The van der Waals surface area contributed by atoms with E-state index in [1.807, 2.05) is 30.5 Å². The molecular formula is C22H21N5O2. The topological polar surface area (TPSA) is 91.9 Å². The number of ether oxygens (including phenoxy) is 1. The fourth-order valence-electron chi connectivity index (χ4n) is 4.74. The third-order valence-electron chi connectivity index (χ3n) is 6.47. The molecule has 3 aliphatic rings. The van der Waals surface area contributed by atoms with Crippen LogP contribution >= 0.6 is 0 Å². The van der Waals surface area contributed by atoms with Crippen LogP contribution in [-0.2, 0) is 18.3 Å². The van der Waals surface area contributed by atoms with Crippen LogP contribution < -0.4 is 15.4 Å². The highest BCUT2D eigenvalue weighted by Crippen LogP contribution is 2.42. The van der Waals surface area contributed by atoms with Crippen LogP contribution in [0.4, 0.5) is 0 Å². The van der Waals surface area contributed by atoms with Crippen molar-refractivity contribution in [1.82, 2.24) is 25.6 Å². The number of benzene rings is 1. The first-order valence-electron chi connectivity index (χ1n) is 9.93. The normalized spacial score (nSPS) is 18.3. The maximum atomic E-state index is 12.7. The van der Waals surface area contributed by atoms with Crippen molar-refractivity contribution in [2.24, 2.45) is 0 Å². The number of aromatic nitrogens is 3. The molecule has 1 amide bonds. The van der Waals surface area contributed by atoms with Gasteiger partial charge in [0.25, 0.3) is 5.91 Å². The Hall–Kier alpha value is -3.19. The zero-order valence-corrected chi connectivity index (χ0v) is 16.1. The second-order valence-electron chi connectivity index (χ2n) is 8.09. The number of fused-ring (bicyclic) bond motifs is 6. The van der Waals surface area contributed by atoms with Crippen LogP contribution in [0, 0.1) is 0 Å². The number of amides is 1. The fraction of sp³-hybridized carbons (Fsp3) is 0.318. The highest BCUT2D eigenvalue weighted by Gasteiger charge is 2.47. The van der Waals surface area contributed by atoms with Gasteiger partial charge < -0.3 is 20.4 Å². The summed E-state index contributed by atoms with van der Waals surface area (Å²) in [6.07, 6.45) is 3.59.